The number of alkyl halides is 1. The minimum absolute atomic E-state index is 0.279. The minimum Gasteiger partial charge on any atom is -0.480 e. The highest BCUT2D eigenvalue weighted by molar-refractivity contribution is 14.1. The molecule has 166 valence electrons. The number of nitrogens with one attached hydrogen (secondary N) is 1. The third-order valence-electron chi connectivity index (χ3n) is 3.32. The number of rotatable bonds is 22. The quantitative estimate of drug-likeness (QED) is 0.125. The average molecular weight is 519 g/mol. The van der Waals surface area contributed by atoms with Crippen LogP contribution in [0.2, 0.25) is 0 Å². The van der Waals surface area contributed by atoms with Gasteiger partial charge in [-0.1, -0.05) is 35.4 Å². The van der Waals surface area contributed by atoms with Crippen molar-refractivity contribution in [2.75, 3.05) is 77.0 Å². The molecular formula is C18H34INO8. The molecule has 0 aromatic carbocycles. The maximum Gasteiger partial charge on any atom is 0.329 e. The Morgan fingerprint density at radius 2 is 1.21 bits per heavy atom. The first-order valence-corrected chi connectivity index (χ1v) is 11.1. The minimum atomic E-state index is -1.11. The second-order valence-electron chi connectivity index (χ2n) is 5.79. The molecule has 0 aromatic heterocycles. The lowest BCUT2D eigenvalue weighted by Gasteiger charge is -2.08. The van der Waals surface area contributed by atoms with Crippen molar-refractivity contribution in [1.29, 1.82) is 0 Å². The van der Waals surface area contributed by atoms with Gasteiger partial charge in [-0.25, -0.2) is 4.79 Å². The van der Waals surface area contributed by atoms with Crippen LogP contribution >= 0.6 is 22.6 Å². The molecule has 28 heavy (non-hydrogen) atoms. The topological polar surface area (TPSA) is 113 Å². The zero-order valence-corrected chi connectivity index (χ0v) is 18.7. The molecule has 0 spiro atoms. The lowest BCUT2D eigenvalue weighted by molar-refractivity contribution is -0.143. The molecule has 0 atom stereocenters. The van der Waals surface area contributed by atoms with Gasteiger partial charge in [0.2, 0.25) is 5.91 Å². The molecule has 9 nitrogen and oxygen atoms in total. The monoisotopic (exact) mass is 519 g/mol. The Hall–Kier alpha value is -0.530. The van der Waals surface area contributed by atoms with E-state index in [0.717, 1.165) is 13.0 Å². The van der Waals surface area contributed by atoms with Crippen LogP contribution in [0.5, 0.6) is 0 Å². The molecule has 0 aliphatic rings. The standard InChI is InChI=1S/C18H34INO8/c19-5-3-1-2-4-7-24-9-11-26-13-14-27-12-10-25-8-6-20-17(21)15-28-16-18(22)23/h1-16H2,(H,20,21)(H,22,23). The molecular weight excluding hydrogens is 485 g/mol. The fourth-order valence-electron chi connectivity index (χ4n) is 1.96. The number of halogens is 1. The van der Waals surface area contributed by atoms with Crippen molar-refractivity contribution in [2.45, 2.75) is 25.7 Å². The number of carboxylic acids is 1. The molecule has 0 bridgehead atoms. The molecule has 0 radical (unpaired) electrons. The van der Waals surface area contributed by atoms with E-state index in [1.807, 2.05) is 0 Å². The van der Waals surface area contributed by atoms with Crippen LogP contribution in [0.15, 0.2) is 0 Å². The van der Waals surface area contributed by atoms with Gasteiger partial charge < -0.3 is 34.1 Å². The van der Waals surface area contributed by atoms with Crippen molar-refractivity contribution in [3.8, 4) is 0 Å². The van der Waals surface area contributed by atoms with E-state index in [4.69, 9.17) is 24.1 Å². The van der Waals surface area contributed by atoms with Crippen molar-refractivity contribution in [3.05, 3.63) is 0 Å². The Balaban J connectivity index is 3.10. The lowest BCUT2D eigenvalue weighted by atomic mass is 10.2. The van der Waals surface area contributed by atoms with Gasteiger partial charge in [0, 0.05) is 13.2 Å². The number of hydrogen-bond acceptors (Lipinski definition) is 7. The number of carbonyl (C=O) groups is 2. The van der Waals surface area contributed by atoms with Gasteiger partial charge >= 0.3 is 5.97 Å². The summed E-state index contributed by atoms with van der Waals surface area (Å²) in [4.78, 5) is 21.5. The van der Waals surface area contributed by atoms with Crippen molar-refractivity contribution >= 4 is 34.5 Å². The van der Waals surface area contributed by atoms with E-state index in [1.54, 1.807) is 0 Å². The van der Waals surface area contributed by atoms with Crippen LogP contribution in [0.1, 0.15) is 25.7 Å². The first-order chi connectivity index (χ1) is 13.7. The summed E-state index contributed by atoms with van der Waals surface area (Å²) >= 11 is 2.40. The number of carboxylic acid groups (broad SMARTS) is 1. The summed E-state index contributed by atoms with van der Waals surface area (Å²) in [6.07, 6.45) is 4.91. The molecule has 10 heteroatoms. The molecule has 2 N–H and O–H groups in total. The van der Waals surface area contributed by atoms with Gasteiger partial charge in [0.1, 0.15) is 13.2 Å². The van der Waals surface area contributed by atoms with Crippen LogP contribution in [0, 0.1) is 0 Å². The molecule has 0 aliphatic carbocycles. The molecule has 0 aliphatic heterocycles. The van der Waals surface area contributed by atoms with Gasteiger partial charge in [0.05, 0.1) is 46.2 Å². The summed E-state index contributed by atoms with van der Waals surface area (Å²) < 4.78 is 27.4. The summed E-state index contributed by atoms with van der Waals surface area (Å²) in [5.74, 6) is -1.48. The zero-order chi connectivity index (χ0) is 20.7. The van der Waals surface area contributed by atoms with E-state index in [2.05, 4.69) is 32.6 Å². The number of ether oxygens (including phenoxy) is 5. The molecule has 1 amide bonds. The van der Waals surface area contributed by atoms with Gasteiger partial charge in [0.25, 0.3) is 0 Å². The molecule has 0 aromatic rings. The summed E-state index contributed by atoms with van der Waals surface area (Å²) in [6.45, 7) is 3.79. The van der Waals surface area contributed by atoms with Gasteiger partial charge in [-0.3, -0.25) is 4.79 Å². The maximum atomic E-state index is 11.3. The molecule has 0 heterocycles. The lowest BCUT2D eigenvalue weighted by Crippen LogP contribution is -2.31. The Morgan fingerprint density at radius 3 is 1.79 bits per heavy atom. The Labute approximate surface area is 180 Å². The third-order valence-corrected chi connectivity index (χ3v) is 4.08. The fourth-order valence-corrected chi connectivity index (χ4v) is 2.50. The highest BCUT2D eigenvalue weighted by Gasteiger charge is 2.02. The molecule has 0 unspecified atom stereocenters. The van der Waals surface area contributed by atoms with Crippen molar-refractivity contribution in [1.82, 2.24) is 5.32 Å². The first kappa shape index (κ1) is 27.5. The predicted molar refractivity (Wildman–Crippen MR) is 112 cm³/mol. The SMILES string of the molecule is O=C(O)COCC(=O)NCCOCCOCCOCCOCCCCCCI. The van der Waals surface area contributed by atoms with Gasteiger partial charge in [-0.2, -0.15) is 0 Å². The van der Waals surface area contributed by atoms with Crippen LogP contribution in [0.3, 0.4) is 0 Å². The number of hydrogen-bond donors (Lipinski definition) is 2. The number of carbonyl (C=O) groups excluding carboxylic acids is 1. The van der Waals surface area contributed by atoms with Crippen LogP contribution in [-0.2, 0) is 33.3 Å². The predicted octanol–water partition coefficient (Wildman–Crippen LogP) is 1.27. The number of unbranched alkanes of at least 4 members (excludes halogenated alkanes) is 3. The summed E-state index contributed by atoms with van der Waals surface area (Å²) in [5, 5.41) is 10.9. The van der Waals surface area contributed by atoms with E-state index in [1.165, 1.54) is 23.7 Å². The van der Waals surface area contributed by atoms with Crippen LogP contribution < -0.4 is 5.32 Å². The van der Waals surface area contributed by atoms with Crippen LogP contribution in [-0.4, -0.2) is 94.0 Å². The van der Waals surface area contributed by atoms with Crippen molar-refractivity contribution < 1.29 is 38.4 Å². The second kappa shape index (κ2) is 22.8. The largest absolute Gasteiger partial charge is 0.480 e. The van der Waals surface area contributed by atoms with E-state index < -0.39 is 12.6 Å². The van der Waals surface area contributed by atoms with Gasteiger partial charge in [-0.05, 0) is 17.3 Å². The summed E-state index contributed by atoms with van der Waals surface area (Å²) in [6, 6.07) is 0. The van der Waals surface area contributed by atoms with E-state index in [9.17, 15) is 9.59 Å². The fraction of sp³-hybridized carbons (Fsp3) is 0.889. The first-order valence-electron chi connectivity index (χ1n) is 9.60. The smallest absolute Gasteiger partial charge is 0.329 e. The van der Waals surface area contributed by atoms with E-state index >= 15 is 0 Å². The highest BCUT2D eigenvalue weighted by atomic mass is 127. The van der Waals surface area contributed by atoms with Gasteiger partial charge in [0.15, 0.2) is 0 Å². The average Bonchev–Trinajstić information content (AvgIpc) is 2.66. The molecule has 0 fully saturated rings. The second-order valence-corrected chi connectivity index (χ2v) is 6.87. The summed E-state index contributed by atoms with van der Waals surface area (Å²) in [7, 11) is 0. The molecule has 0 saturated carbocycles. The van der Waals surface area contributed by atoms with E-state index in [0.29, 0.717) is 52.8 Å². The zero-order valence-electron chi connectivity index (χ0n) is 16.5. The number of amides is 1. The normalized spacial score (nSPS) is 10.9. The number of aliphatic carboxylic acids is 1. The molecule has 0 rings (SSSR count). The Bertz CT molecular complexity index is 373. The summed E-state index contributed by atoms with van der Waals surface area (Å²) in [5.41, 5.74) is 0. The Morgan fingerprint density at radius 1 is 0.679 bits per heavy atom. The van der Waals surface area contributed by atoms with Crippen molar-refractivity contribution in [2.24, 2.45) is 0 Å². The van der Waals surface area contributed by atoms with E-state index in [-0.39, 0.29) is 12.5 Å². The van der Waals surface area contributed by atoms with Crippen molar-refractivity contribution in [3.63, 3.8) is 0 Å². The third kappa shape index (κ3) is 23.5. The van der Waals surface area contributed by atoms with Crippen LogP contribution in [0.25, 0.3) is 0 Å². The molecule has 0 saturated heterocycles. The highest BCUT2D eigenvalue weighted by Crippen LogP contribution is 2.02. The Kier molecular flexibility index (Phi) is 22.3. The maximum absolute atomic E-state index is 11.3. The van der Waals surface area contributed by atoms with Gasteiger partial charge in [-0.15, -0.1) is 0 Å². The van der Waals surface area contributed by atoms with Crippen LogP contribution in [0.4, 0.5) is 0 Å².